The number of amides is 2. The summed E-state index contributed by atoms with van der Waals surface area (Å²) in [6, 6.07) is 2.40. The number of thiophene rings is 1. The first-order chi connectivity index (χ1) is 16.5. The van der Waals surface area contributed by atoms with E-state index >= 15 is 0 Å². The van der Waals surface area contributed by atoms with Crippen LogP contribution >= 0.6 is 11.3 Å². The topological polar surface area (TPSA) is 164 Å². The van der Waals surface area contributed by atoms with Crippen molar-refractivity contribution in [2.45, 2.75) is 26.8 Å². The standard InChI is InChI=1S/C20H18F2N8O4S/c1-8-4-13(30(33)34)27-29(8)7-14(31)25-16-15-10(11-6-28(3)26-9(11)2)5-12(18(21)22)24-20(15)35-17(16)19(23)32/h4-6,18H,7H2,1-3H3,(H2,23,32)(H,25,31). The van der Waals surface area contributed by atoms with E-state index in [2.05, 4.69) is 20.5 Å². The van der Waals surface area contributed by atoms with Gasteiger partial charge in [0, 0.05) is 24.2 Å². The number of hydrogen-bond acceptors (Lipinski definition) is 8. The number of aromatic nitrogens is 5. The van der Waals surface area contributed by atoms with E-state index in [9.17, 15) is 28.5 Å². The zero-order valence-electron chi connectivity index (χ0n) is 18.6. The average molecular weight is 504 g/mol. The lowest BCUT2D eigenvalue weighted by Crippen LogP contribution is -2.22. The summed E-state index contributed by atoms with van der Waals surface area (Å²) in [5.74, 6) is -1.98. The highest BCUT2D eigenvalue weighted by Gasteiger charge is 2.27. The largest absolute Gasteiger partial charge is 0.390 e. The van der Waals surface area contributed by atoms with Gasteiger partial charge in [0.1, 0.15) is 21.9 Å². The summed E-state index contributed by atoms with van der Waals surface area (Å²) in [6.45, 7) is 2.83. The van der Waals surface area contributed by atoms with Crippen LogP contribution in [0, 0.1) is 24.0 Å². The molecule has 4 heterocycles. The van der Waals surface area contributed by atoms with Gasteiger partial charge in [0.2, 0.25) is 5.91 Å². The van der Waals surface area contributed by atoms with Gasteiger partial charge in [-0.3, -0.25) is 14.3 Å². The van der Waals surface area contributed by atoms with Crippen LogP contribution in [0.5, 0.6) is 0 Å². The van der Waals surface area contributed by atoms with Crippen LogP contribution in [0.3, 0.4) is 0 Å². The van der Waals surface area contributed by atoms with Crippen molar-refractivity contribution >= 4 is 44.9 Å². The first-order valence-electron chi connectivity index (χ1n) is 10.0. The summed E-state index contributed by atoms with van der Waals surface area (Å²) in [7, 11) is 1.67. The number of nitrogens with zero attached hydrogens (tertiary/aromatic N) is 6. The molecule has 0 aliphatic carbocycles. The first-order valence-corrected chi connectivity index (χ1v) is 10.8. The van der Waals surface area contributed by atoms with Crippen molar-refractivity contribution in [1.29, 1.82) is 0 Å². The van der Waals surface area contributed by atoms with E-state index < -0.39 is 41.2 Å². The van der Waals surface area contributed by atoms with Crippen LogP contribution in [0.15, 0.2) is 18.3 Å². The summed E-state index contributed by atoms with van der Waals surface area (Å²) < 4.78 is 29.9. The van der Waals surface area contributed by atoms with Crippen LogP contribution in [-0.2, 0) is 18.4 Å². The first kappa shape index (κ1) is 23.9. The fraction of sp³-hybridized carbons (Fsp3) is 0.250. The predicted octanol–water partition coefficient (Wildman–Crippen LogP) is 3.09. The minimum atomic E-state index is -2.88. The molecule has 0 atom stereocenters. The van der Waals surface area contributed by atoms with Crippen LogP contribution in [-0.4, -0.2) is 41.3 Å². The predicted molar refractivity (Wildman–Crippen MR) is 122 cm³/mol. The second-order valence-electron chi connectivity index (χ2n) is 7.65. The van der Waals surface area contributed by atoms with E-state index in [1.807, 2.05) is 0 Å². The Labute approximate surface area is 199 Å². The summed E-state index contributed by atoms with van der Waals surface area (Å²) in [5.41, 5.74) is 6.72. The molecule has 3 N–H and O–H groups in total. The number of halogens is 2. The number of rotatable bonds is 7. The maximum Gasteiger partial charge on any atom is 0.390 e. The van der Waals surface area contributed by atoms with Crippen molar-refractivity contribution in [1.82, 2.24) is 24.5 Å². The van der Waals surface area contributed by atoms with Gasteiger partial charge in [-0.15, -0.1) is 11.3 Å². The van der Waals surface area contributed by atoms with Crippen molar-refractivity contribution in [3.8, 4) is 11.1 Å². The third-order valence-electron chi connectivity index (χ3n) is 5.15. The van der Waals surface area contributed by atoms with E-state index in [-0.39, 0.29) is 20.8 Å². The molecular weight excluding hydrogens is 486 g/mol. The Morgan fingerprint density at radius 1 is 1.26 bits per heavy atom. The smallest absolute Gasteiger partial charge is 0.365 e. The zero-order chi connectivity index (χ0) is 25.6. The van der Waals surface area contributed by atoms with Gasteiger partial charge in [0.15, 0.2) is 0 Å². The van der Waals surface area contributed by atoms with Crippen molar-refractivity contribution in [3.05, 3.63) is 50.4 Å². The van der Waals surface area contributed by atoms with Gasteiger partial charge >= 0.3 is 5.82 Å². The molecule has 0 aliphatic heterocycles. The summed E-state index contributed by atoms with van der Waals surface area (Å²) in [6.07, 6.45) is -1.26. The summed E-state index contributed by atoms with van der Waals surface area (Å²) >= 11 is 0.772. The molecule has 0 saturated carbocycles. The normalized spacial score (nSPS) is 11.4. The number of alkyl halides is 2. The number of aryl methyl sites for hydroxylation is 3. The Morgan fingerprint density at radius 2 is 1.97 bits per heavy atom. The SMILES string of the molecule is Cc1nn(C)cc1-c1cc(C(F)F)nc2sc(C(N)=O)c(NC(=O)Cn3nc([N+](=O)[O-])cc3C)c12. The highest BCUT2D eigenvalue weighted by Crippen LogP contribution is 2.43. The van der Waals surface area contributed by atoms with E-state index in [0.29, 0.717) is 22.5 Å². The van der Waals surface area contributed by atoms with Crippen LogP contribution < -0.4 is 11.1 Å². The van der Waals surface area contributed by atoms with Gasteiger partial charge in [-0.2, -0.15) is 9.78 Å². The molecule has 0 spiro atoms. The quantitative estimate of drug-likeness (QED) is 0.288. The lowest BCUT2D eigenvalue weighted by molar-refractivity contribution is -0.389. The van der Waals surface area contributed by atoms with Crippen molar-refractivity contribution < 1.29 is 23.3 Å². The van der Waals surface area contributed by atoms with Crippen LogP contribution in [0.2, 0.25) is 0 Å². The van der Waals surface area contributed by atoms with Crippen molar-refractivity contribution in [2.24, 2.45) is 12.8 Å². The van der Waals surface area contributed by atoms with Crippen LogP contribution in [0.4, 0.5) is 20.3 Å². The third-order valence-corrected chi connectivity index (χ3v) is 6.24. The number of anilines is 1. The maximum atomic E-state index is 13.6. The minimum absolute atomic E-state index is 0.00776. The highest BCUT2D eigenvalue weighted by atomic mass is 32.1. The van der Waals surface area contributed by atoms with E-state index in [4.69, 9.17) is 5.73 Å². The van der Waals surface area contributed by atoms with Crippen LogP contribution in [0.1, 0.15) is 33.2 Å². The number of primary amides is 1. The molecule has 2 amide bonds. The monoisotopic (exact) mass is 504 g/mol. The van der Waals surface area contributed by atoms with Crippen molar-refractivity contribution in [3.63, 3.8) is 0 Å². The molecule has 35 heavy (non-hydrogen) atoms. The molecule has 0 aliphatic rings. The molecular formula is C20H18F2N8O4S. The summed E-state index contributed by atoms with van der Waals surface area (Å²) in [4.78, 5) is 39.3. The molecule has 0 saturated heterocycles. The number of nitrogens with two attached hydrogens (primary N) is 1. The van der Waals surface area contributed by atoms with Gasteiger partial charge in [0.05, 0.1) is 28.2 Å². The Balaban J connectivity index is 1.85. The van der Waals surface area contributed by atoms with Crippen LogP contribution in [0.25, 0.3) is 21.3 Å². The maximum absolute atomic E-state index is 13.6. The molecule has 0 bridgehead atoms. The van der Waals surface area contributed by atoms with Gasteiger partial charge in [-0.05, 0) is 30.4 Å². The Morgan fingerprint density at radius 3 is 2.51 bits per heavy atom. The van der Waals surface area contributed by atoms with Gasteiger partial charge in [-0.25, -0.2) is 13.8 Å². The minimum Gasteiger partial charge on any atom is -0.365 e. The fourth-order valence-corrected chi connectivity index (χ4v) is 4.67. The number of nitro groups is 1. The Hall–Kier alpha value is -4.27. The molecule has 15 heteroatoms. The van der Waals surface area contributed by atoms with Gasteiger partial charge < -0.3 is 21.2 Å². The fourth-order valence-electron chi connectivity index (χ4n) is 3.66. The van der Waals surface area contributed by atoms with E-state index in [1.165, 1.54) is 16.8 Å². The number of nitrogens with one attached hydrogen (secondary N) is 1. The number of hydrogen-bond donors (Lipinski definition) is 2. The molecule has 4 aromatic rings. The van der Waals surface area contributed by atoms with E-state index in [1.54, 1.807) is 27.1 Å². The molecule has 0 unspecified atom stereocenters. The molecule has 0 fully saturated rings. The molecule has 182 valence electrons. The van der Waals surface area contributed by atoms with E-state index in [0.717, 1.165) is 16.0 Å². The number of pyridine rings is 1. The average Bonchev–Trinajstić information content (AvgIpc) is 3.42. The second-order valence-corrected chi connectivity index (χ2v) is 8.65. The Kier molecular flexibility index (Phi) is 6.02. The molecule has 4 aromatic heterocycles. The molecule has 0 radical (unpaired) electrons. The highest BCUT2D eigenvalue weighted by molar-refractivity contribution is 7.21. The molecule has 12 nitrogen and oxygen atoms in total. The van der Waals surface area contributed by atoms with Gasteiger partial charge in [0.25, 0.3) is 12.3 Å². The second kappa shape index (κ2) is 8.83. The number of fused-ring (bicyclic) bond motifs is 1. The number of carbonyl (C=O) groups excluding carboxylic acids is 2. The lowest BCUT2D eigenvalue weighted by Gasteiger charge is -2.10. The van der Waals surface area contributed by atoms with Gasteiger partial charge in [-0.1, -0.05) is 0 Å². The zero-order valence-corrected chi connectivity index (χ0v) is 19.4. The summed E-state index contributed by atoms with van der Waals surface area (Å²) in [5, 5.41) is 21.8. The number of carbonyl (C=O) groups is 2. The Bertz CT molecular complexity index is 1510. The third kappa shape index (κ3) is 4.44. The lowest BCUT2D eigenvalue weighted by atomic mass is 10.0. The van der Waals surface area contributed by atoms with Crippen molar-refractivity contribution in [2.75, 3.05) is 5.32 Å². The molecule has 4 rings (SSSR count). The molecule has 0 aromatic carbocycles.